The van der Waals surface area contributed by atoms with Crippen molar-refractivity contribution in [1.29, 1.82) is 0 Å². The molecule has 0 fully saturated rings. The zero-order valence-electron chi connectivity index (χ0n) is 18.6. The Bertz CT molecular complexity index is 1300. The van der Waals surface area contributed by atoms with Crippen molar-refractivity contribution < 1.29 is 0 Å². The van der Waals surface area contributed by atoms with E-state index in [1.165, 1.54) is 0 Å². The molecule has 7 heteroatoms. The van der Waals surface area contributed by atoms with Gasteiger partial charge < -0.3 is 0 Å². The van der Waals surface area contributed by atoms with Crippen LogP contribution in [0.3, 0.4) is 0 Å². The maximum atomic E-state index is 13.1. The molecule has 0 saturated carbocycles. The van der Waals surface area contributed by atoms with Gasteiger partial charge in [0.1, 0.15) is 6.33 Å². The Morgan fingerprint density at radius 2 is 1.81 bits per heavy atom. The summed E-state index contributed by atoms with van der Waals surface area (Å²) in [7, 11) is 0. The minimum absolute atomic E-state index is 0.0161. The summed E-state index contributed by atoms with van der Waals surface area (Å²) in [5.74, 6) is 2.68. The standard InChI is InChI=1S/C25H26N6O/c1-5-6-9-21-17-30(25(2,3)4)24(32)29(21)16-19-12-14-20(15-13-19)22-10-7-8-11-23(22)31-18-26-27-28-31/h1,7-8,10-15,17-18H,6,9,16H2,2-4H3. The maximum absolute atomic E-state index is 13.1. The molecule has 0 amide bonds. The molecule has 7 nitrogen and oxygen atoms in total. The summed E-state index contributed by atoms with van der Waals surface area (Å²) < 4.78 is 5.26. The molecule has 2 aromatic carbocycles. The lowest BCUT2D eigenvalue weighted by Gasteiger charge is -2.19. The van der Waals surface area contributed by atoms with Gasteiger partial charge in [-0.1, -0.05) is 42.5 Å². The SMILES string of the molecule is C#CCCc1cn(C(C)(C)C)c(=O)n1Cc1ccc(-c2ccccc2-n2cnnn2)cc1. The van der Waals surface area contributed by atoms with Gasteiger partial charge in [0, 0.05) is 35.8 Å². The second-order valence-electron chi connectivity index (χ2n) is 8.70. The topological polar surface area (TPSA) is 70.5 Å². The van der Waals surface area contributed by atoms with E-state index >= 15 is 0 Å². The fraction of sp³-hybridized carbons (Fsp3) is 0.280. The van der Waals surface area contributed by atoms with Crippen molar-refractivity contribution in [3.63, 3.8) is 0 Å². The van der Waals surface area contributed by atoms with Gasteiger partial charge in [-0.3, -0.25) is 9.13 Å². The molecule has 0 aliphatic rings. The summed E-state index contributed by atoms with van der Waals surface area (Å²) in [6.07, 6.45) is 10.3. The van der Waals surface area contributed by atoms with E-state index < -0.39 is 0 Å². The van der Waals surface area contributed by atoms with Gasteiger partial charge in [-0.05, 0) is 48.4 Å². The summed E-state index contributed by atoms with van der Waals surface area (Å²) in [6.45, 7) is 6.58. The second-order valence-corrected chi connectivity index (χ2v) is 8.70. The minimum atomic E-state index is -0.295. The van der Waals surface area contributed by atoms with Gasteiger partial charge in [-0.2, -0.15) is 4.68 Å². The molecular formula is C25H26N6O. The van der Waals surface area contributed by atoms with E-state index in [9.17, 15) is 4.79 Å². The smallest absolute Gasteiger partial charge is 0.294 e. The molecule has 2 aromatic heterocycles. The van der Waals surface area contributed by atoms with Crippen LogP contribution in [0, 0.1) is 12.3 Å². The number of aryl methyl sites for hydroxylation is 1. The number of nitrogens with zero attached hydrogens (tertiary/aromatic N) is 6. The molecule has 2 heterocycles. The molecule has 4 aromatic rings. The molecule has 0 aliphatic heterocycles. The van der Waals surface area contributed by atoms with Crippen LogP contribution in [0.5, 0.6) is 0 Å². The first-order valence-electron chi connectivity index (χ1n) is 10.5. The number of hydrogen-bond donors (Lipinski definition) is 0. The molecule has 0 aliphatic carbocycles. The lowest BCUT2D eigenvalue weighted by atomic mass is 10.0. The molecule has 0 atom stereocenters. The summed E-state index contributed by atoms with van der Waals surface area (Å²) in [6, 6.07) is 16.2. The third-order valence-electron chi connectivity index (χ3n) is 5.42. The Labute approximate surface area is 187 Å². The Hall–Kier alpha value is -3.92. The highest BCUT2D eigenvalue weighted by Gasteiger charge is 2.20. The first-order chi connectivity index (χ1) is 15.4. The van der Waals surface area contributed by atoms with Gasteiger partial charge in [0.05, 0.1) is 12.2 Å². The van der Waals surface area contributed by atoms with E-state index in [2.05, 4.69) is 45.7 Å². The Morgan fingerprint density at radius 1 is 1.06 bits per heavy atom. The number of hydrogen-bond acceptors (Lipinski definition) is 4. The van der Waals surface area contributed by atoms with Gasteiger partial charge >= 0.3 is 5.69 Å². The highest BCUT2D eigenvalue weighted by molar-refractivity contribution is 5.72. The summed E-state index contributed by atoms with van der Waals surface area (Å²) in [5.41, 5.74) is 4.67. The van der Waals surface area contributed by atoms with E-state index in [1.807, 2.05) is 55.8 Å². The third-order valence-corrected chi connectivity index (χ3v) is 5.42. The van der Waals surface area contributed by atoms with Gasteiger partial charge in [0.15, 0.2) is 0 Å². The average Bonchev–Trinajstić information content (AvgIpc) is 3.42. The van der Waals surface area contributed by atoms with E-state index in [0.717, 1.165) is 28.1 Å². The fourth-order valence-corrected chi connectivity index (χ4v) is 3.74. The van der Waals surface area contributed by atoms with E-state index in [-0.39, 0.29) is 11.2 Å². The van der Waals surface area contributed by atoms with Crippen LogP contribution in [0.25, 0.3) is 16.8 Å². The summed E-state index contributed by atoms with van der Waals surface area (Å²) in [5, 5.41) is 11.5. The molecule has 0 unspecified atom stereocenters. The van der Waals surface area contributed by atoms with Crippen LogP contribution >= 0.6 is 0 Å². The van der Waals surface area contributed by atoms with Crippen molar-refractivity contribution in [2.24, 2.45) is 0 Å². The molecule has 162 valence electrons. The predicted molar refractivity (Wildman–Crippen MR) is 125 cm³/mol. The summed E-state index contributed by atoms with van der Waals surface area (Å²) >= 11 is 0. The minimum Gasteiger partial charge on any atom is -0.294 e. The zero-order chi connectivity index (χ0) is 22.7. The number of para-hydroxylation sites is 1. The Kier molecular flexibility index (Phi) is 5.78. The highest BCUT2D eigenvalue weighted by atomic mass is 16.1. The zero-order valence-corrected chi connectivity index (χ0v) is 18.6. The van der Waals surface area contributed by atoms with E-state index in [1.54, 1.807) is 15.6 Å². The van der Waals surface area contributed by atoms with Crippen LogP contribution in [0.2, 0.25) is 0 Å². The summed E-state index contributed by atoms with van der Waals surface area (Å²) in [4.78, 5) is 13.1. The molecule has 32 heavy (non-hydrogen) atoms. The predicted octanol–water partition coefficient (Wildman–Crippen LogP) is 3.66. The fourth-order valence-electron chi connectivity index (χ4n) is 3.74. The first kappa shape index (κ1) is 21.3. The highest BCUT2D eigenvalue weighted by Crippen LogP contribution is 2.26. The number of tetrazole rings is 1. The van der Waals surface area contributed by atoms with Crippen LogP contribution in [0.1, 0.15) is 38.4 Å². The largest absolute Gasteiger partial charge is 0.329 e. The van der Waals surface area contributed by atoms with Gasteiger partial charge in [-0.15, -0.1) is 17.4 Å². The van der Waals surface area contributed by atoms with Crippen LogP contribution in [-0.4, -0.2) is 29.3 Å². The molecule has 0 radical (unpaired) electrons. The number of aromatic nitrogens is 6. The second kappa shape index (κ2) is 8.67. The van der Waals surface area contributed by atoms with Crippen LogP contribution < -0.4 is 5.69 Å². The Morgan fingerprint density at radius 3 is 2.47 bits per heavy atom. The lowest BCUT2D eigenvalue weighted by Crippen LogP contribution is -2.34. The normalized spacial score (nSPS) is 11.4. The molecular weight excluding hydrogens is 400 g/mol. The van der Waals surface area contributed by atoms with Crippen molar-refractivity contribution in [2.75, 3.05) is 0 Å². The van der Waals surface area contributed by atoms with Crippen LogP contribution in [0.15, 0.2) is 65.8 Å². The molecule has 0 N–H and O–H groups in total. The number of benzene rings is 2. The molecule has 0 spiro atoms. The van der Waals surface area contributed by atoms with Crippen LogP contribution in [0.4, 0.5) is 0 Å². The van der Waals surface area contributed by atoms with Crippen molar-refractivity contribution in [3.8, 4) is 29.2 Å². The van der Waals surface area contributed by atoms with Crippen molar-refractivity contribution in [3.05, 3.63) is 82.8 Å². The first-order valence-corrected chi connectivity index (χ1v) is 10.5. The maximum Gasteiger partial charge on any atom is 0.329 e. The van der Waals surface area contributed by atoms with E-state index in [0.29, 0.717) is 19.4 Å². The quantitative estimate of drug-likeness (QED) is 0.441. The third kappa shape index (κ3) is 4.26. The number of imidazole rings is 1. The molecule has 0 bridgehead atoms. The monoisotopic (exact) mass is 426 g/mol. The van der Waals surface area contributed by atoms with Crippen molar-refractivity contribution >= 4 is 0 Å². The Balaban J connectivity index is 1.66. The molecule has 4 rings (SSSR count). The molecule has 0 saturated heterocycles. The van der Waals surface area contributed by atoms with Gasteiger partial charge in [-0.25, -0.2) is 4.79 Å². The number of terminal acetylenes is 1. The van der Waals surface area contributed by atoms with Crippen LogP contribution in [-0.2, 0) is 18.5 Å². The van der Waals surface area contributed by atoms with Gasteiger partial charge in [0.25, 0.3) is 0 Å². The van der Waals surface area contributed by atoms with Crippen molar-refractivity contribution in [1.82, 2.24) is 29.3 Å². The number of rotatable bonds is 6. The van der Waals surface area contributed by atoms with E-state index in [4.69, 9.17) is 6.42 Å². The average molecular weight is 427 g/mol. The van der Waals surface area contributed by atoms with Crippen molar-refractivity contribution in [2.45, 2.75) is 45.7 Å². The lowest BCUT2D eigenvalue weighted by molar-refractivity contribution is 0.380. The van der Waals surface area contributed by atoms with Gasteiger partial charge in [0.2, 0.25) is 0 Å².